The molecule has 1 aromatic heterocycles. The van der Waals surface area contributed by atoms with Crippen molar-refractivity contribution in [3.05, 3.63) is 53.6 Å². The Hall–Kier alpha value is -2.21. The van der Waals surface area contributed by atoms with Crippen LogP contribution in [0, 0.1) is 5.41 Å². The summed E-state index contributed by atoms with van der Waals surface area (Å²) >= 11 is 1.16. The van der Waals surface area contributed by atoms with Crippen LogP contribution < -0.4 is 0 Å². The number of carbonyl (C=O) groups excluding carboxylic acids is 1. The van der Waals surface area contributed by atoms with Crippen LogP contribution in [0.1, 0.15) is 36.7 Å². The second-order valence-corrected chi connectivity index (χ2v) is 7.82. The lowest BCUT2D eigenvalue weighted by molar-refractivity contribution is -0.137. The number of Topliss-reactive ketones (excluding diaryl/α,β-unsaturated/α-hetero) is 1. The molecule has 0 aliphatic rings. The molecule has 3 rings (SSSR count). The van der Waals surface area contributed by atoms with Gasteiger partial charge >= 0.3 is 6.18 Å². The van der Waals surface area contributed by atoms with Crippen LogP contribution in [0.15, 0.2) is 42.5 Å². The zero-order chi connectivity index (χ0) is 18.4. The molecule has 0 aliphatic carbocycles. The molecule has 0 saturated heterocycles. The number of ketones is 1. The Bertz CT molecular complexity index is 951. The van der Waals surface area contributed by atoms with Crippen molar-refractivity contribution in [3.8, 4) is 10.6 Å². The Morgan fingerprint density at radius 3 is 2.32 bits per heavy atom. The van der Waals surface area contributed by atoms with Gasteiger partial charge in [0.25, 0.3) is 0 Å². The fourth-order valence-electron chi connectivity index (χ4n) is 2.57. The minimum Gasteiger partial charge on any atom is -0.294 e. The van der Waals surface area contributed by atoms with Gasteiger partial charge in [0.15, 0.2) is 5.78 Å². The molecule has 0 unspecified atom stereocenters. The van der Waals surface area contributed by atoms with Gasteiger partial charge in [-0.3, -0.25) is 4.79 Å². The van der Waals surface area contributed by atoms with Crippen LogP contribution in [0.3, 0.4) is 0 Å². The van der Waals surface area contributed by atoms with E-state index < -0.39 is 17.2 Å². The maximum Gasteiger partial charge on any atom is 0.417 e. The molecule has 6 heteroatoms. The molecule has 0 spiro atoms. The van der Waals surface area contributed by atoms with Crippen molar-refractivity contribution in [2.75, 3.05) is 0 Å². The predicted molar refractivity (Wildman–Crippen MR) is 93.8 cm³/mol. The van der Waals surface area contributed by atoms with Crippen molar-refractivity contribution in [2.45, 2.75) is 26.9 Å². The highest BCUT2D eigenvalue weighted by molar-refractivity contribution is 7.21. The van der Waals surface area contributed by atoms with Crippen LogP contribution in [-0.4, -0.2) is 10.8 Å². The third-order valence-corrected chi connectivity index (χ3v) is 4.86. The Balaban J connectivity index is 2.21. The highest BCUT2D eigenvalue weighted by Gasteiger charge is 2.34. The number of carbonyl (C=O) groups is 1. The summed E-state index contributed by atoms with van der Waals surface area (Å²) in [5.41, 5.74) is -0.387. The lowest BCUT2D eigenvalue weighted by atomic mass is 9.86. The molecule has 0 aliphatic heterocycles. The van der Waals surface area contributed by atoms with E-state index in [-0.39, 0.29) is 16.4 Å². The highest BCUT2D eigenvalue weighted by atomic mass is 32.1. The summed E-state index contributed by atoms with van der Waals surface area (Å²) < 4.78 is 40.5. The first-order valence-corrected chi connectivity index (χ1v) is 8.51. The summed E-state index contributed by atoms with van der Waals surface area (Å²) in [5.74, 6) is -0.0842. The number of alkyl halides is 3. The summed E-state index contributed by atoms with van der Waals surface area (Å²) in [5, 5.41) is 0.261. The van der Waals surface area contributed by atoms with E-state index in [0.29, 0.717) is 15.8 Å². The fraction of sp³-hybridized carbons (Fsp3) is 0.263. The number of halogens is 3. The first-order chi connectivity index (χ1) is 11.6. The number of rotatable bonds is 2. The number of nitrogens with zero attached hydrogens (tertiary/aromatic N) is 1. The van der Waals surface area contributed by atoms with Crippen molar-refractivity contribution in [1.29, 1.82) is 0 Å². The smallest absolute Gasteiger partial charge is 0.294 e. The molecule has 25 heavy (non-hydrogen) atoms. The van der Waals surface area contributed by atoms with Crippen molar-refractivity contribution >= 4 is 27.3 Å². The molecule has 0 fully saturated rings. The molecular formula is C19H16F3NOS. The van der Waals surface area contributed by atoms with Crippen LogP contribution in [-0.2, 0) is 6.18 Å². The normalized spacial score (nSPS) is 12.6. The zero-order valence-electron chi connectivity index (χ0n) is 13.9. The van der Waals surface area contributed by atoms with Gasteiger partial charge < -0.3 is 0 Å². The average molecular weight is 363 g/mol. The molecule has 130 valence electrons. The van der Waals surface area contributed by atoms with Gasteiger partial charge in [-0.15, -0.1) is 11.3 Å². The van der Waals surface area contributed by atoms with E-state index in [4.69, 9.17) is 0 Å². The molecule has 0 saturated carbocycles. The van der Waals surface area contributed by atoms with Crippen LogP contribution in [0.25, 0.3) is 20.8 Å². The van der Waals surface area contributed by atoms with Crippen LogP contribution in [0.5, 0.6) is 0 Å². The summed E-state index contributed by atoms with van der Waals surface area (Å²) in [7, 11) is 0. The fourth-order valence-corrected chi connectivity index (χ4v) is 3.60. The molecular weight excluding hydrogens is 347 g/mol. The van der Waals surface area contributed by atoms with Gasteiger partial charge in [-0.05, 0) is 18.2 Å². The second kappa shape index (κ2) is 5.95. The van der Waals surface area contributed by atoms with E-state index in [2.05, 4.69) is 4.98 Å². The van der Waals surface area contributed by atoms with E-state index >= 15 is 0 Å². The summed E-state index contributed by atoms with van der Waals surface area (Å²) in [6.07, 6.45) is -4.46. The first kappa shape index (κ1) is 17.6. The molecule has 0 radical (unpaired) electrons. The number of fused-ring (bicyclic) bond motifs is 1. The number of benzene rings is 2. The number of hydrogen-bond donors (Lipinski definition) is 0. The standard InChI is InChI=1S/C19H16F3NOS/c1-18(2,3)16(24)12-8-6-10-14-15(12)23-17(25-14)11-7-4-5-9-13(11)19(20,21)22/h4-10H,1-3H3. The highest BCUT2D eigenvalue weighted by Crippen LogP contribution is 2.40. The lowest BCUT2D eigenvalue weighted by Crippen LogP contribution is -2.20. The van der Waals surface area contributed by atoms with Crippen molar-refractivity contribution in [1.82, 2.24) is 4.98 Å². The second-order valence-electron chi connectivity index (χ2n) is 6.79. The summed E-state index contributed by atoms with van der Waals surface area (Å²) in [6.45, 7) is 5.42. The van der Waals surface area contributed by atoms with E-state index in [1.165, 1.54) is 12.1 Å². The summed E-state index contributed by atoms with van der Waals surface area (Å²) in [6, 6.07) is 10.5. The summed E-state index contributed by atoms with van der Waals surface area (Å²) in [4.78, 5) is 17.0. The van der Waals surface area contributed by atoms with Gasteiger partial charge in [0, 0.05) is 16.5 Å². The molecule has 2 aromatic carbocycles. The third-order valence-electron chi connectivity index (χ3n) is 3.81. The van der Waals surface area contributed by atoms with Crippen LogP contribution in [0.2, 0.25) is 0 Å². The van der Waals surface area contributed by atoms with Crippen LogP contribution in [0.4, 0.5) is 13.2 Å². The van der Waals surface area contributed by atoms with Crippen molar-refractivity contribution in [3.63, 3.8) is 0 Å². The molecule has 0 N–H and O–H groups in total. The number of hydrogen-bond acceptors (Lipinski definition) is 3. The quantitative estimate of drug-likeness (QED) is 0.507. The first-order valence-electron chi connectivity index (χ1n) is 7.70. The number of para-hydroxylation sites is 1. The van der Waals surface area contributed by atoms with Crippen molar-refractivity contribution < 1.29 is 18.0 Å². The SMILES string of the molecule is CC(C)(C)C(=O)c1cccc2sc(-c3ccccc3C(F)(F)F)nc12. The largest absolute Gasteiger partial charge is 0.417 e. The van der Waals surface area contributed by atoms with Crippen molar-refractivity contribution in [2.24, 2.45) is 5.41 Å². The number of aromatic nitrogens is 1. The van der Waals surface area contributed by atoms with Gasteiger partial charge in [-0.2, -0.15) is 13.2 Å². The van der Waals surface area contributed by atoms with Gasteiger partial charge in [-0.1, -0.05) is 45.0 Å². The van der Waals surface area contributed by atoms with E-state index in [9.17, 15) is 18.0 Å². The van der Waals surface area contributed by atoms with Gasteiger partial charge in [0.05, 0.1) is 15.8 Å². The number of thiazole rings is 1. The third kappa shape index (κ3) is 3.31. The van der Waals surface area contributed by atoms with E-state index in [1.807, 2.05) is 0 Å². The Morgan fingerprint density at radius 2 is 1.68 bits per heavy atom. The average Bonchev–Trinajstić information content (AvgIpc) is 2.96. The molecule has 0 amide bonds. The maximum atomic E-state index is 13.3. The minimum atomic E-state index is -4.46. The van der Waals surface area contributed by atoms with Gasteiger partial charge in [-0.25, -0.2) is 4.98 Å². The van der Waals surface area contributed by atoms with Gasteiger partial charge in [0.1, 0.15) is 5.01 Å². The Kier molecular flexibility index (Phi) is 4.19. The zero-order valence-corrected chi connectivity index (χ0v) is 14.8. The van der Waals surface area contributed by atoms with E-state index in [1.54, 1.807) is 45.0 Å². The molecule has 0 bridgehead atoms. The topological polar surface area (TPSA) is 30.0 Å². The van der Waals surface area contributed by atoms with E-state index in [0.717, 1.165) is 17.4 Å². The maximum absolute atomic E-state index is 13.3. The lowest BCUT2D eigenvalue weighted by Gasteiger charge is -2.16. The Labute approximate surface area is 147 Å². The molecule has 3 aromatic rings. The molecule has 2 nitrogen and oxygen atoms in total. The molecule has 1 heterocycles. The predicted octanol–water partition coefficient (Wildman–Crippen LogP) is 6.21. The Morgan fingerprint density at radius 1 is 1.00 bits per heavy atom. The minimum absolute atomic E-state index is 0.0327. The van der Waals surface area contributed by atoms with Crippen LogP contribution >= 0.6 is 11.3 Å². The van der Waals surface area contributed by atoms with Gasteiger partial charge in [0.2, 0.25) is 0 Å². The molecule has 0 atom stereocenters. The monoisotopic (exact) mass is 363 g/mol.